The Kier molecular flexibility index (Phi) is 4.47. The molecule has 0 saturated heterocycles. The van der Waals surface area contributed by atoms with Gasteiger partial charge in [0.05, 0.1) is 17.6 Å². The molecule has 152 valence electrons. The molecule has 3 aromatic heterocycles. The minimum Gasteiger partial charge on any atom is -0.451 e. The van der Waals surface area contributed by atoms with Gasteiger partial charge >= 0.3 is 0 Å². The molecular formula is C21H21N7O2. The number of hydrogen-bond acceptors (Lipinski definition) is 8. The molecule has 0 amide bonds. The second kappa shape index (κ2) is 7.43. The summed E-state index contributed by atoms with van der Waals surface area (Å²) in [5.74, 6) is 2.95. The summed E-state index contributed by atoms with van der Waals surface area (Å²) in [7, 11) is 0. The summed E-state index contributed by atoms with van der Waals surface area (Å²) in [6, 6.07) is 11.4. The number of nitrogens with one attached hydrogen (secondary N) is 2. The lowest BCUT2D eigenvalue weighted by Gasteiger charge is -2.12. The molecule has 1 aliphatic heterocycles. The first-order chi connectivity index (χ1) is 14.7. The molecule has 0 aliphatic carbocycles. The highest BCUT2D eigenvalue weighted by atomic mass is 16.7. The molecule has 0 radical (unpaired) electrons. The van der Waals surface area contributed by atoms with Crippen LogP contribution in [0.25, 0.3) is 16.9 Å². The van der Waals surface area contributed by atoms with Crippen molar-refractivity contribution in [3.63, 3.8) is 0 Å². The van der Waals surface area contributed by atoms with Gasteiger partial charge in [-0.1, -0.05) is 0 Å². The second-order valence-electron chi connectivity index (χ2n) is 6.92. The van der Waals surface area contributed by atoms with Crippen LogP contribution in [-0.4, -0.2) is 38.7 Å². The number of anilines is 3. The lowest BCUT2D eigenvalue weighted by molar-refractivity contribution is 0.0679. The number of benzene rings is 1. The van der Waals surface area contributed by atoms with Gasteiger partial charge in [-0.3, -0.25) is 4.40 Å². The zero-order chi connectivity index (χ0) is 20.5. The number of fused-ring (bicyclic) bond motifs is 2. The summed E-state index contributed by atoms with van der Waals surface area (Å²) >= 11 is 0. The zero-order valence-corrected chi connectivity index (χ0v) is 16.4. The van der Waals surface area contributed by atoms with Crippen molar-refractivity contribution in [2.24, 2.45) is 0 Å². The first-order valence-electron chi connectivity index (χ1n) is 9.67. The first-order valence-corrected chi connectivity index (χ1v) is 9.67. The van der Waals surface area contributed by atoms with Crippen LogP contribution in [-0.2, 0) is 0 Å². The fraction of sp³-hybridized carbons (Fsp3) is 0.190. The minimum atomic E-state index is -0.279. The molecule has 4 aromatic rings. The van der Waals surface area contributed by atoms with Gasteiger partial charge in [0.25, 0.3) is 0 Å². The average molecular weight is 403 g/mol. The predicted molar refractivity (Wildman–Crippen MR) is 115 cm³/mol. The lowest BCUT2D eigenvalue weighted by atomic mass is 10.1. The Morgan fingerprint density at radius 3 is 2.77 bits per heavy atom. The van der Waals surface area contributed by atoms with Gasteiger partial charge in [-0.05, 0) is 30.3 Å². The number of hydrogen-bond donors (Lipinski definition) is 3. The van der Waals surface area contributed by atoms with E-state index < -0.39 is 0 Å². The van der Waals surface area contributed by atoms with Crippen LogP contribution in [0.2, 0.25) is 0 Å². The fourth-order valence-corrected chi connectivity index (χ4v) is 3.31. The predicted octanol–water partition coefficient (Wildman–Crippen LogP) is 3.01. The summed E-state index contributed by atoms with van der Waals surface area (Å²) < 4.78 is 13.2. The van der Waals surface area contributed by atoms with Crippen molar-refractivity contribution in [1.82, 2.24) is 19.4 Å². The Balaban J connectivity index is 1.34. The van der Waals surface area contributed by atoms with Crippen molar-refractivity contribution in [3.8, 4) is 22.8 Å². The summed E-state index contributed by atoms with van der Waals surface area (Å²) in [5.41, 5.74) is 8.85. The van der Waals surface area contributed by atoms with Gasteiger partial charge in [-0.2, -0.15) is 0 Å². The van der Waals surface area contributed by atoms with Crippen LogP contribution in [0.5, 0.6) is 11.5 Å². The smallest absolute Gasteiger partial charge is 0.238 e. The van der Waals surface area contributed by atoms with Crippen LogP contribution in [0.4, 0.5) is 17.5 Å². The van der Waals surface area contributed by atoms with Crippen molar-refractivity contribution in [2.45, 2.75) is 13.2 Å². The molecule has 1 unspecified atom stereocenters. The topological polar surface area (TPSA) is 112 Å². The number of ether oxygens (including phenoxy) is 2. The number of rotatable bonds is 6. The maximum absolute atomic E-state index is 5.69. The first kappa shape index (κ1) is 18.0. The van der Waals surface area contributed by atoms with Crippen molar-refractivity contribution in [2.75, 3.05) is 29.5 Å². The molecule has 4 heterocycles. The Hall–Kier alpha value is -4.01. The quantitative estimate of drug-likeness (QED) is 0.421. The van der Waals surface area contributed by atoms with Crippen LogP contribution in [0.1, 0.15) is 6.92 Å². The third-order valence-electron chi connectivity index (χ3n) is 4.72. The van der Waals surface area contributed by atoms with Gasteiger partial charge in [-0.15, -0.1) is 0 Å². The molecule has 0 bridgehead atoms. The zero-order valence-electron chi connectivity index (χ0n) is 16.4. The summed E-state index contributed by atoms with van der Waals surface area (Å²) in [6.07, 6.45) is 4.98. The van der Waals surface area contributed by atoms with Gasteiger partial charge in [0.15, 0.2) is 11.5 Å². The maximum atomic E-state index is 5.69. The Labute approximate surface area is 172 Å². The highest BCUT2D eigenvalue weighted by molar-refractivity contribution is 5.69. The van der Waals surface area contributed by atoms with E-state index in [1.165, 1.54) is 0 Å². The number of nitrogen functional groups attached to an aromatic ring is 1. The molecule has 0 fully saturated rings. The average Bonchev–Trinajstić information content (AvgIpc) is 3.37. The van der Waals surface area contributed by atoms with Crippen molar-refractivity contribution in [3.05, 3.63) is 55.0 Å². The largest absolute Gasteiger partial charge is 0.451 e. The molecule has 5 rings (SSSR count). The molecule has 4 N–H and O–H groups in total. The molecular weight excluding hydrogens is 382 g/mol. The van der Waals surface area contributed by atoms with E-state index >= 15 is 0 Å². The number of pyridine rings is 1. The molecule has 9 heteroatoms. The second-order valence-corrected chi connectivity index (χ2v) is 6.92. The van der Waals surface area contributed by atoms with Gasteiger partial charge in [0.2, 0.25) is 12.2 Å². The van der Waals surface area contributed by atoms with E-state index in [1.54, 1.807) is 12.4 Å². The van der Waals surface area contributed by atoms with E-state index in [1.807, 2.05) is 53.9 Å². The normalized spacial score (nSPS) is 14.8. The van der Waals surface area contributed by atoms with Crippen LogP contribution in [0.15, 0.2) is 55.0 Å². The Morgan fingerprint density at radius 1 is 1.03 bits per heavy atom. The lowest BCUT2D eigenvalue weighted by Crippen LogP contribution is -2.16. The SMILES string of the molecule is CC1Oc2ccc(-c3cc4nccn4c(NCCNc4ccc(N)cn4)n3)cc2O1. The molecule has 9 nitrogen and oxygen atoms in total. The molecule has 1 aromatic carbocycles. The van der Waals surface area contributed by atoms with Crippen molar-refractivity contribution < 1.29 is 9.47 Å². The third-order valence-corrected chi connectivity index (χ3v) is 4.72. The summed E-state index contributed by atoms with van der Waals surface area (Å²) in [4.78, 5) is 13.5. The molecule has 0 saturated carbocycles. The minimum absolute atomic E-state index is 0.279. The van der Waals surface area contributed by atoms with Crippen LogP contribution in [0.3, 0.4) is 0 Å². The Morgan fingerprint density at radius 2 is 1.90 bits per heavy atom. The van der Waals surface area contributed by atoms with Gasteiger partial charge in [0, 0.05) is 44.0 Å². The Bertz CT molecular complexity index is 1190. The van der Waals surface area contributed by atoms with E-state index in [0.29, 0.717) is 24.7 Å². The highest BCUT2D eigenvalue weighted by Gasteiger charge is 2.21. The van der Waals surface area contributed by atoms with Crippen LogP contribution < -0.4 is 25.8 Å². The van der Waals surface area contributed by atoms with E-state index in [4.69, 9.17) is 20.2 Å². The van der Waals surface area contributed by atoms with Crippen LogP contribution in [0, 0.1) is 0 Å². The van der Waals surface area contributed by atoms with Crippen molar-refractivity contribution >= 4 is 23.1 Å². The van der Waals surface area contributed by atoms with E-state index in [-0.39, 0.29) is 6.29 Å². The standard InChI is InChI=1S/C21H21N7O2/c1-13-29-17-4-2-14(10-18(17)30-13)16-11-20-24-8-9-28(20)21(27-16)25-7-6-23-19-5-3-15(22)12-26-19/h2-5,8-13H,6-7,22H2,1H3,(H,23,26)(H,25,27). The number of imidazole rings is 1. The number of nitrogens with two attached hydrogens (primary N) is 1. The van der Waals surface area contributed by atoms with Crippen molar-refractivity contribution in [1.29, 1.82) is 0 Å². The number of aromatic nitrogens is 4. The number of nitrogens with zero attached hydrogens (tertiary/aromatic N) is 4. The third kappa shape index (κ3) is 3.52. The fourth-order valence-electron chi connectivity index (χ4n) is 3.31. The van der Waals surface area contributed by atoms with E-state index in [9.17, 15) is 0 Å². The summed E-state index contributed by atoms with van der Waals surface area (Å²) in [6.45, 7) is 3.18. The van der Waals surface area contributed by atoms with E-state index in [0.717, 1.165) is 34.2 Å². The molecule has 0 spiro atoms. The molecule has 1 atom stereocenters. The van der Waals surface area contributed by atoms with Gasteiger partial charge < -0.3 is 25.8 Å². The summed E-state index contributed by atoms with van der Waals surface area (Å²) in [5, 5.41) is 6.62. The van der Waals surface area contributed by atoms with Gasteiger partial charge in [0.1, 0.15) is 11.5 Å². The molecule has 1 aliphatic rings. The van der Waals surface area contributed by atoms with Crippen LogP contribution >= 0.6 is 0 Å². The maximum Gasteiger partial charge on any atom is 0.238 e. The highest BCUT2D eigenvalue weighted by Crippen LogP contribution is 2.37. The molecule has 30 heavy (non-hydrogen) atoms. The monoisotopic (exact) mass is 403 g/mol. The van der Waals surface area contributed by atoms with E-state index in [2.05, 4.69) is 20.6 Å². The van der Waals surface area contributed by atoms with Gasteiger partial charge in [-0.25, -0.2) is 15.0 Å².